The number of hydrogen-bond acceptors (Lipinski definition) is 5. The summed E-state index contributed by atoms with van der Waals surface area (Å²) in [4.78, 5) is 17.4. The lowest BCUT2D eigenvalue weighted by Gasteiger charge is -2.11. The van der Waals surface area contributed by atoms with Crippen LogP contribution in [0.1, 0.15) is 5.56 Å². The summed E-state index contributed by atoms with van der Waals surface area (Å²) < 4.78 is 7.38. The summed E-state index contributed by atoms with van der Waals surface area (Å²) >= 11 is 0. The van der Waals surface area contributed by atoms with Crippen molar-refractivity contribution in [1.29, 1.82) is 0 Å². The molecule has 3 rings (SSSR count). The van der Waals surface area contributed by atoms with Crippen LogP contribution in [0.2, 0.25) is 0 Å². The third kappa shape index (κ3) is 4.25. The maximum Gasteiger partial charge on any atom is 0.259 e. The number of carbonyl (C=O) groups excluding carboxylic acids is 1. The lowest BCUT2D eigenvalue weighted by molar-refractivity contribution is -0.130. The maximum atomic E-state index is 11.7. The molecule has 0 saturated heterocycles. The Labute approximate surface area is 158 Å². The molecule has 0 spiro atoms. The Morgan fingerprint density at radius 2 is 2.00 bits per heavy atom. The molecule has 7 nitrogen and oxygen atoms in total. The first-order chi connectivity index (χ1) is 13.0. The number of benzene rings is 1. The van der Waals surface area contributed by atoms with Crippen molar-refractivity contribution in [2.75, 3.05) is 33.1 Å². The van der Waals surface area contributed by atoms with E-state index in [-0.39, 0.29) is 12.5 Å². The van der Waals surface area contributed by atoms with E-state index in [1.807, 2.05) is 37.0 Å². The molecule has 7 heteroatoms. The Morgan fingerprint density at radius 1 is 1.19 bits per heavy atom. The van der Waals surface area contributed by atoms with Crippen LogP contribution < -0.4 is 10.1 Å². The lowest BCUT2D eigenvalue weighted by atomic mass is 10.1. The molecule has 1 aromatic carbocycles. The van der Waals surface area contributed by atoms with Gasteiger partial charge in [0, 0.05) is 50.4 Å². The Kier molecular flexibility index (Phi) is 5.40. The number of hydrogen-bond donors (Lipinski definition) is 1. The Balaban J connectivity index is 1.83. The zero-order valence-electron chi connectivity index (χ0n) is 15.9. The van der Waals surface area contributed by atoms with Crippen molar-refractivity contribution in [3.63, 3.8) is 0 Å². The van der Waals surface area contributed by atoms with Gasteiger partial charge in [-0.25, -0.2) is 4.68 Å². The first-order valence-electron chi connectivity index (χ1n) is 8.59. The minimum Gasteiger partial charge on any atom is -0.482 e. The van der Waals surface area contributed by atoms with Crippen LogP contribution in [0.3, 0.4) is 0 Å². The number of amides is 1. The average Bonchev–Trinajstić information content (AvgIpc) is 3.16. The van der Waals surface area contributed by atoms with Crippen LogP contribution in [-0.4, -0.2) is 53.3 Å². The number of carbonyl (C=O) groups is 1. The third-order valence-corrected chi connectivity index (χ3v) is 4.23. The summed E-state index contributed by atoms with van der Waals surface area (Å²) in [6.07, 6.45) is 7.08. The van der Waals surface area contributed by atoms with Crippen LogP contribution in [0.4, 0.5) is 5.69 Å². The molecule has 1 N–H and O–H groups in total. The molecule has 0 unspecified atom stereocenters. The average molecular weight is 365 g/mol. The SMILES string of the molecule is CNc1ccc(C)c(-n2cc(-c3cncc(OCC(=O)N(C)C)c3)cn2)c1. The van der Waals surface area contributed by atoms with E-state index in [0.717, 1.165) is 28.1 Å². The molecule has 0 radical (unpaired) electrons. The second-order valence-electron chi connectivity index (χ2n) is 6.41. The summed E-state index contributed by atoms with van der Waals surface area (Å²) in [5.41, 5.74) is 4.95. The monoisotopic (exact) mass is 365 g/mol. The third-order valence-electron chi connectivity index (χ3n) is 4.23. The number of ether oxygens (including phenoxy) is 1. The van der Waals surface area contributed by atoms with Crippen molar-refractivity contribution < 1.29 is 9.53 Å². The van der Waals surface area contributed by atoms with Gasteiger partial charge in [0.25, 0.3) is 5.91 Å². The number of rotatable bonds is 6. The predicted molar refractivity (Wildman–Crippen MR) is 105 cm³/mol. The quantitative estimate of drug-likeness (QED) is 0.727. The normalized spacial score (nSPS) is 10.5. The van der Waals surface area contributed by atoms with Crippen molar-refractivity contribution in [3.8, 4) is 22.6 Å². The molecule has 27 heavy (non-hydrogen) atoms. The first kappa shape index (κ1) is 18.4. The van der Waals surface area contributed by atoms with E-state index in [4.69, 9.17) is 4.74 Å². The Bertz CT molecular complexity index is 949. The summed E-state index contributed by atoms with van der Waals surface area (Å²) in [5, 5.41) is 7.63. The van der Waals surface area contributed by atoms with E-state index >= 15 is 0 Å². The van der Waals surface area contributed by atoms with Gasteiger partial charge < -0.3 is 15.0 Å². The van der Waals surface area contributed by atoms with E-state index in [9.17, 15) is 4.79 Å². The van der Waals surface area contributed by atoms with E-state index in [0.29, 0.717) is 5.75 Å². The molecular weight excluding hydrogens is 342 g/mol. The highest BCUT2D eigenvalue weighted by molar-refractivity contribution is 5.77. The van der Waals surface area contributed by atoms with Crippen molar-refractivity contribution in [2.24, 2.45) is 0 Å². The zero-order chi connectivity index (χ0) is 19.4. The molecule has 2 aromatic heterocycles. The zero-order valence-corrected chi connectivity index (χ0v) is 15.9. The highest BCUT2D eigenvalue weighted by Crippen LogP contribution is 2.25. The van der Waals surface area contributed by atoms with Gasteiger partial charge in [-0.15, -0.1) is 0 Å². The molecule has 3 aromatic rings. The standard InChI is InChI=1S/C20H23N5O2/c1-14-5-6-17(21-2)8-19(14)25-12-16(10-23-25)15-7-18(11-22-9-15)27-13-20(26)24(3)4/h5-12,21H,13H2,1-4H3. The molecule has 0 atom stereocenters. The number of pyridine rings is 1. The predicted octanol–water partition coefficient (Wildman–Crippen LogP) is 2.75. The molecule has 2 heterocycles. The summed E-state index contributed by atoms with van der Waals surface area (Å²) in [6.45, 7) is 2.03. The molecule has 0 fully saturated rings. The van der Waals surface area contributed by atoms with Crippen LogP contribution >= 0.6 is 0 Å². The van der Waals surface area contributed by atoms with Crippen LogP contribution in [0, 0.1) is 6.92 Å². The molecule has 0 aliphatic rings. The topological polar surface area (TPSA) is 72.3 Å². The van der Waals surface area contributed by atoms with Crippen LogP contribution in [0.5, 0.6) is 5.75 Å². The van der Waals surface area contributed by atoms with Crippen molar-refractivity contribution >= 4 is 11.6 Å². The minimum absolute atomic E-state index is 0.0204. The van der Waals surface area contributed by atoms with Gasteiger partial charge in [0.15, 0.2) is 6.61 Å². The highest BCUT2D eigenvalue weighted by Gasteiger charge is 2.09. The van der Waals surface area contributed by atoms with Gasteiger partial charge in [-0.1, -0.05) is 6.07 Å². The number of aryl methyl sites for hydroxylation is 1. The van der Waals surface area contributed by atoms with Crippen LogP contribution in [0.25, 0.3) is 16.8 Å². The van der Waals surface area contributed by atoms with Gasteiger partial charge in [0.05, 0.1) is 18.1 Å². The molecule has 0 aliphatic heterocycles. The molecule has 0 saturated carbocycles. The van der Waals surface area contributed by atoms with Gasteiger partial charge in [0.2, 0.25) is 0 Å². The smallest absolute Gasteiger partial charge is 0.259 e. The Hall–Kier alpha value is -3.35. The Morgan fingerprint density at radius 3 is 2.74 bits per heavy atom. The fourth-order valence-corrected chi connectivity index (χ4v) is 2.55. The molecule has 1 amide bonds. The van der Waals surface area contributed by atoms with E-state index in [2.05, 4.69) is 27.5 Å². The van der Waals surface area contributed by atoms with E-state index in [1.54, 1.807) is 32.7 Å². The molecular formula is C20H23N5O2. The largest absolute Gasteiger partial charge is 0.482 e. The fraction of sp³-hybridized carbons (Fsp3) is 0.250. The molecule has 0 bridgehead atoms. The fourth-order valence-electron chi connectivity index (χ4n) is 2.55. The second-order valence-corrected chi connectivity index (χ2v) is 6.41. The van der Waals surface area contributed by atoms with Crippen LogP contribution in [-0.2, 0) is 4.79 Å². The summed E-state index contributed by atoms with van der Waals surface area (Å²) in [5.74, 6) is 0.442. The minimum atomic E-state index is -0.104. The van der Waals surface area contributed by atoms with Gasteiger partial charge >= 0.3 is 0 Å². The number of anilines is 1. The second kappa shape index (κ2) is 7.90. The number of nitrogens with one attached hydrogen (secondary N) is 1. The molecule has 0 aliphatic carbocycles. The van der Waals surface area contributed by atoms with E-state index < -0.39 is 0 Å². The van der Waals surface area contributed by atoms with Gasteiger partial charge in [-0.3, -0.25) is 9.78 Å². The van der Waals surface area contributed by atoms with Crippen LogP contribution in [0.15, 0.2) is 49.1 Å². The number of nitrogens with zero attached hydrogens (tertiary/aromatic N) is 4. The maximum absolute atomic E-state index is 11.7. The van der Waals surface area contributed by atoms with Gasteiger partial charge in [0.1, 0.15) is 5.75 Å². The van der Waals surface area contributed by atoms with Crippen molar-refractivity contribution in [2.45, 2.75) is 6.92 Å². The van der Waals surface area contributed by atoms with E-state index in [1.165, 1.54) is 4.90 Å². The lowest BCUT2D eigenvalue weighted by Crippen LogP contribution is -2.27. The summed E-state index contributed by atoms with van der Waals surface area (Å²) in [6, 6.07) is 7.99. The van der Waals surface area contributed by atoms with Crippen molar-refractivity contribution in [1.82, 2.24) is 19.7 Å². The molecule has 140 valence electrons. The van der Waals surface area contributed by atoms with Gasteiger partial charge in [-0.05, 0) is 30.7 Å². The first-order valence-corrected chi connectivity index (χ1v) is 8.59. The number of aromatic nitrogens is 3. The highest BCUT2D eigenvalue weighted by atomic mass is 16.5. The number of likely N-dealkylation sites (N-methyl/N-ethyl adjacent to an activating group) is 1. The summed E-state index contributed by atoms with van der Waals surface area (Å²) in [7, 11) is 5.28. The van der Waals surface area contributed by atoms with Gasteiger partial charge in [-0.2, -0.15) is 5.10 Å². The van der Waals surface area contributed by atoms with Crippen molar-refractivity contribution in [3.05, 3.63) is 54.6 Å².